The molecule has 1 aliphatic carbocycles. The number of unbranched alkanes of at least 4 members (excludes halogenated alkanes) is 4. The average molecular weight is 253 g/mol. The summed E-state index contributed by atoms with van der Waals surface area (Å²) in [5.74, 6) is 0.480. The SMILES string of the molecule is CCCCCN(CCCCC)C1CCC(=O)CC1. The quantitative estimate of drug-likeness (QED) is 0.575. The number of hydrogen-bond acceptors (Lipinski definition) is 2. The van der Waals surface area contributed by atoms with E-state index < -0.39 is 0 Å². The number of rotatable bonds is 9. The highest BCUT2D eigenvalue weighted by atomic mass is 16.1. The lowest BCUT2D eigenvalue weighted by atomic mass is 9.92. The van der Waals surface area contributed by atoms with E-state index in [1.807, 2.05) is 0 Å². The van der Waals surface area contributed by atoms with Crippen LogP contribution in [0.4, 0.5) is 0 Å². The Labute approximate surface area is 113 Å². The van der Waals surface area contributed by atoms with Crippen molar-refractivity contribution in [3.63, 3.8) is 0 Å². The van der Waals surface area contributed by atoms with Gasteiger partial charge in [0, 0.05) is 18.9 Å². The van der Waals surface area contributed by atoms with Crippen LogP contribution < -0.4 is 0 Å². The maximum atomic E-state index is 11.3. The van der Waals surface area contributed by atoms with Crippen molar-refractivity contribution in [2.24, 2.45) is 0 Å². The summed E-state index contributed by atoms with van der Waals surface area (Å²) in [4.78, 5) is 14.0. The van der Waals surface area contributed by atoms with Crippen LogP contribution in [0.2, 0.25) is 0 Å². The molecule has 18 heavy (non-hydrogen) atoms. The molecule has 0 unspecified atom stereocenters. The second-order valence-electron chi connectivity index (χ2n) is 5.72. The van der Waals surface area contributed by atoms with E-state index in [0.717, 1.165) is 25.7 Å². The molecule has 1 fully saturated rings. The first kappa shape index (κ1) is 15.7. The molecule has 1 aliphatic rings. The number of nitrogens with zero attached hydrogens (tertiary/aromatic N) is 1. The van der Waals surface area contributed by atoms with E-state index in [-0.39, 0.29) is 0 Å². The maximum Gasteiger partial charge on any atom is 0.133 e. The van der Waals surface area contributed by atoms with Crippen molar-refractivity contribution in [1.29, 1.82) is 0 Å². The van der Waals surface area contributed by atoms with Gasteiger partial charge in [-0.2, -0.15) is 0 Å². The van der Waals surface area contributed by atoms with E-state index in [1.165, 1.54) is 51.6 Å². The molecule has 0 aromatic heterocycles. The van der Waals surface area contributed by atoms with Crippen molar-refractivity contribution >= 4 is 5.78 Å². The van der Waals surface area contributed by atoms with Crippen LogP contribution in [0.15, 0.2) is 0 Å². The molecule has 0 aromatic rings. The molecule has 0 radical (unpaired) electrons. The molecule has 0 amide bonds. The molecule has 2 heteroatoms. The summed E-state index contributed by atoms with van der Waals surface area (Å²) >= 11 is 0. The van der Waals surface area contributed by atoms with E-state index in [4.69, 9.17) is 0 Å². The van der Waals surface area contributed by atoms with Gasteiger partial charge in [0.15, 0.2) is 0 Å². The average Bonchev–Trinajstić information content (AvgIpc) is 2.38. The van der Waals surface area contributed by atoms with E-state index in [1.54, 1.807) is 0 Å². The Kier molecular flexibility index (Phi) is 8.32. The fraction of sp³-hybridized carbons (Fsp3) is 0.938. The number of Topliss-reactive ketones (excluding diaryl/α,β-unsaturated/α-hetero) is 1. The molecule has 0 bridgehead atoms. The van der Waals surface area contributed by atoms with Gasteiger partial charge >= 0.3 is 0 Å². The third kappa shape index (κ3) is 5.99. The summed E-state index contributed by atoms with van der Waals surface area (Å²) < 4.78 is 0. The smallest absolute Gasteiger partial charge is 0.133 e. The van der Waals surface area contributed by atoms with Crippen LogP contribution in [-0.4, -0.2) is 29.8 Å². The summed E-state index contributed by atoms with van der Waals surface area (Å²) in [7, 11) is 0. The second kappa shape index (κ2) is 9.55. The first-order chi connectivity index (χ1) is 8.77. The molecule has 1 rings (SSSR count). The third-order valence-electron chi connectivity index (χ3n) is 4.13. The molecule has 0 aliphatic heterocycles. The van der Waals surface area contributed by atoms with Crippen molar-refractivity contribution in [1.82, 2.24) is 4.90 Å². The minimum Gasteiger partial charge on any atom is -0.300 e. The van der Waals surface area contributed by atoms with Gasteiger partial charge in [0.2, 0.25) is 0 Å². The standard InChI is InChI=1S/C16H31NO/c1-3-5-7-13-17(14-8-6-4-2)15-9-11-16(18)12-10-15/h15H,3-14H2,1-2H3. The highest BCUT2D eigenvalue weighted by molar-refractivity contribution is 5.79. The van der Waals surface area contributed by atoms with Gasteiger partial charge < -0.3 is 4.90 Å². The number of hydrogen-bond donors (Lipinski definition) is 0. The van der Waals surface area contributed by atoms with Crippen molar-refractivity contribution in [2.75, 3.05) is 13.1 Å². The van der Waals surface area contributed by atoms with Gasteiger partial charge in [-0.05, 0) is 38.8 Å². The first-order valence-corrected chi connectivity index (χ1v) is 8.03. The Morgan fingerprint density at radius 2 is 1.44 bits per heavy atom. The Morgan fingerprint density at radius 3 is 1.89 bits per heavy atom. The Morgan fingerprint density at radius 1 is 0.944 bits per heavy atom. The summed E-state index contributed by atoms with van der Waals surface area (Å²) in [6.45, 7) is 7.02. The highest BCUT2D eigenvalue weighted by Crippen LogP contribution is 2.21. The summed E-state index contributed by atoms with van der Waals surface area (Å²) in [6.07, 6.45) is 11.8. The van der Waals surface area contributed by atoms with Gasteiger partial charge in [0.05, 0.1) is 0 Å². The predicted octanol–water partition coefficient (Wildman–Crippen LogP) is 4.18. The van der Waals surface area contributed by atoms with Gasteiger partial charge in [0.1, 0.15) is 5.78 Å². The minimum atomic E-state index is 0.480. The van der Waals surface area contributed by atoms with E-state index in [9.17, 15) is 4.79 Å². The summed E-state index contributed by atoms with van der Waals surface area (Å²) in [5.41, 5.74) is 0. The van der Waals surface area contributed by atoms with Gasteiger partial charge in [-0.15, -0.1) is 0 Å². The lowest BCUT2D eigenvalue weighted by Crippen LogP contribution is -2.39. The minimum absolute atomic E-state index is 0.480. The van der Waals surface area contributed by atoms with Crippen molar-refractivity contribution in [3.8, 4) is 0 Å². The molecule has 0 N–H and O–H groups in total. The van der Waals surface area contributed by atoms with Crippen molar-refractivity contribution in [3.05, 3.63) is 0 Å². The monoisotopic (exact) mass is 253 g/mol. The fourth-order valence-corrected chi connectivity index (χ4v) is 2.90. The van der Waals surface area contributed by atoms with E-state index in [2.05, 4.69) is 18.7 Å². The van der Waals surface area contributed by atoms with Gasteiger partial charge in [0.25, 0.3) is 0 Å². The van der Waals surface area contributed by atoms with E-state index >= 15 is 0 Å². The van der Waals surface area contributed by atoms with Crippen LogP contribution in [-0.2, 0) is 4.79 Å². The Balaban J connectivity index is 2.34. The zero-order chi connectivity index (χ0) is 13.2. The van der Waals surface area contributed by atoms with Crippen LogP contribution in [0.1, 0.15) is 78.1 Å². The molecular formula is C16H31NO. The van der Waals surface area contributed by atoms with Crippen LogP contribution >= 0.6 is 0 Å². The molecule has 0 heterocycles. The lowest BCUT2D eigenvalue weighted by Gasteiger charge is -2.34. The summed E-state index contributed by atoms with van der Waals surface area (Å²) in [5, 5.41) is 0. The summed E-state index contributed by atoms with van der Waals surface area (Å²) in [6, 6.07) is 0.691. The van der Waals surface area contributed by atoms with Crippen molar-refractivity contribution in [2.45, 2.75) is 84.1 Å². The first-order valence-electron chi connectivity index (χ1n) is 8.03. The van der Waals surface area contributed by atoms with Crippen molar-refractivity contribution < 1.29 is 4.79 Å². The molecule has 106 valence electrons. The topological polar surface area (TPSA) is 20.3 Å². The van der Waals surface area contributed by atoms with Gasteiger partial charge in [-0.1, -0.05) is 39.5 Å². The molecule has 0 aromatic carbocycles. The lowest BCUT2D eigenvalue weighted by molar-refractivity contribution is -0.121. The van der Waals surface area contributed by atoms with E-state index in [0.29, 0.717) is 11.8 Å². The Bertz CT molecular complexity index is 207. The fourth-order valence-electron chi connectivity index (χ4n) is 2.90. The number of carbonyl (C=O) groups excluding carboxylic acids is 1. The number of ketones is 1. The maximum absolute atomic E-state index is 11.3. The van der Waals surface area contributed by atoms with Crippen LogP contribution in [0, 0.1) is 0 Å². The molecule has 0 atom stereocenters. The zero-order valence-electron chi connectivity index (χ0n) is 12.4. The molecule has 0 saturated heterocycles. The third-order valence-corrected chi connectivity index (χ3v) is 4.13. The second-order valence-corrected chi connectivity index (χ2v) is 5.72. The largest absolute Gasteiger partial charge is 0.300 e. The normalized spacial score (nSPS) is 17.6. The molecule has 0 spiro atoms. The molecule has 1 saturated carbocycles. The van der Waals surface area contributed by atoms with Crippen LogP contribution in [0.3, 0.4) is 0 Å². The zero-order valence-corrected chi connectivity index (χ0v) is 12.4. The van der Waals surface area contributed by atoms with Gasteiger partial charge in [-0.25, -0.2) is 0 Å². The highest BCUT2D eigenvalue weighted by Gasteiger charge is 2.23. The predicted molar refractivity (Wildman–Crippen MR) is 77.9 cm³/mol. The molecular weight excluding hydrogens is 222 g/mol. The Hall–Kier alpha value is -0.370. The molecule has 2 nitrogen and oxygen atoms in total. The van der Waals surface area contributed by atoms with Crippen LogP contribution in [0.25, 0.3) is 0 Å². The number of carbonyl (C=O) groups is 1. The van der Waals surface area contributed by atoms with Gasteiger partial charge in [-0.3, -0.25) is 4.79 Å². The van der Waals surface area contributed by atoms with Crippen LogP contribution in [0.5, 0.6) is 0 Å².